The van der Waals surface area contributed by atoms with Crippen molar-refractivity contribution in [1.82, 2.24) is 15.1 Å². The number of nitrogens with one attached hydrogen (secondary N) is 1. The molecule has 6 heteroatoms. The van der Waals surface area contributed by atoms with E-state index in [1.54, 1.807) is 0 Å². The van der Waals surface area contributed by atoms with Crippen LogP contribution >= 0.6 is 0 Å². The molecule has 1 aromatic heterocycles. The third-order valence-electron chi connectivity index (χ3n) is 7.28. The first-order valence-electron chi connectivity index (χ1n) is 11.9. The first kappa shape index (κ1) is 20.7. The van der Waals surface area contributed by atoms with E-state index in [0.29, 0.717) is 23.8 Å². The number of likely N-dealkylation sites (tertiary alicyclic amines) is 1. The average Bonchev–Trinajstić information content (AvgIpc) is 2.74. The van der Waals surface area contributed by atoms with Gasteiger partial charge >= 0.3 is 0 Å². The van der Waals surface area contributed by atoms with Crippen LogP contribution < -0.4 is 5.32 Å². The third kappa shape index (κ3) is 4.55. The molecule has 3 heterocycles. The summed E-state index contributed by atoms with van der Waals surface area (Å²) >= 11 is 0. The molecule has 0 spiro atoms. The maximum Gasteiger partial charge on any atom is 0.149 e. The quantitative estimate of drug-likeness (QED) is 0.740. The third-order valence-corrected chi connectivity index (χ3v) is 7.28. The molecule has 166 valence electrons. The standard InChI is InChI=1S/C25H34N4O2/c1-17-12-24(26-20-8-5-11-29(14-20)21-15-31-16-21)27-28-25(17)22-10-9-19(13-23(22)30)18-6-3-2-4-7-18/h9-10,12-13,18,20-21,30H,2-8,11,14-16H2,1H3,(H,26,27)/t20-/m1/s1. The molecule has 0 amide bonds. The second-order valence-electron chi connectivity index (χ2n) is 9.54. The largest absolute Gasteiger partial charge is 0.507 e. The highest BCUT2D eigenvalue weighted by molar-refractivity contribution is 5.70. The topological polar surface area (TPSA) is 70.5 Å². The predicted molar refractivity (Wildman–Crippen MR) is 123 cm³/mol. The van der Waals surface area contributed by atoms with Gasteiger partial charge in [-0.15, -0.1) is 10.2 Å². The Kier molecular flexibility index (Phi) is 6.10. The predicted octanol–water partition coefficient (Wildman–Crippen LogP) is 4.48. The van der Waals surface area contributed by atoms with Crippen molar-refractivity contribution < 1.29 is 9.84 Å². The van der Waals surface area contributed by atoms with Gasteiger partial charge in [0, 0.05) is 18.2 Å². The Morgan fingerprint density at radius 3 is 2.58 bits per heavy atom. The Morgan fingerprint density at radius 1 is 1.03 bits per heavy atom. The van der Waals surface area contributed by atoms with Crippen molar-refractivity contribution in [2.24, 2.45) is 0 Å². The van der Waals surface area contributed by atoms with Crippen LogP contribution in [-0.2, 0) is 4.74 Å². The summed E-state index contributed by atoms with van der Waals surface area (Å²) in [5.41, 5.74) is 3.81. The number of aromatic nitrogens is 2. The van der Waals surface area contributed by atoms with Gasteiger partial charge in [-0.1, -0.05) is 25.3 Å². The van der Waals surface area contributed by atoms with E-state index in [0.717, 1.165) is 55.4 Å². The molecule has 6 nitrogen and oxygen atoms in total. The highest BCUT2D eigenvalue weighted by atomic mass is 16.5. The van der Waals surface area contributed by atoms with Crippen LogP contribution in [0.1, 0.15) is 62.0 Å². The molecule has 5 rings (SSSR count). The lowest BCUT2D eigenvalue weighted by atomic mass is 9.83. The molecule has 0 bridgehead atoms. The van der Waals surface area contributed by atoms with Crippen LogP contribution in [0.4, 0.5) is 5.82 Å². The number of aromatic hydroxyl groups is 1. The van der Waals surface area contributed by atoms with E-state index >= 15 is 0 Å². The fourth-order valence-corrected chi connectivity index (χ4v) is 5.36. The normalized spacial score (nSPS) is 23.5. The molecular formula is C25H34N4O2. The Hall–Kier alpha value is -2.18. The van der Waals surface area contributed by atoms with Gasteiger partial charge in [-0.25, -0.2) is 0 Å². The van der Waals surface area contributed by atoms with Gasteiger partial charge in [-0.05, 0) is 74.4 Å². The monoisotopic (exact) mass is 422 g/mol. The molecule has 0 radical (unpaired) electrons. The number of phenolic OH excluding ortho intramolecular Hbond substituents is 1. The van der Waals surface area contributed by atoms with Gasteiger partial charge < -0.3 is 15.2 Å². The van der Waals surface area contributed by atoms with Gasteiger partial charge in [0.25, 0.3) is 0 Å². The van der Waals surface area contributed by atoms with E-state index in [1.165, 1.54) is 44.1 Å². The summed E-state index contributed by atoms with van der Waals surface area (Å²) in [4.78, 5) is 2.53. The van der Waals surface area contributed by atoms with Gasteiger partial charge in [0.15, 0.2) is 0 Å². The summed E-state index contributed by atoms with van der Waals surface area (Å²) in [6.45, 7) is 5.96. The lowest BCUT2D eigenvalue weighted by molar-refractivity contribution is -0.0710. The number of hydrogen-bond acceptors (Lipinski definition) is 6. The molecule has 0 unspecified atom stereocenters. The van der Waals surface area contributed by atoms with E-state index in [1.807, 2.05) is 19.1 Å². The van der Waals surface area contributed by atoms with Crippen LogP contribution in [0, 0.1) is 6.92 Å². The zero-order valence-corrected chi connectivity index (χ0v) is 18.5. The van der Waals surface area contributed by atoms with Gasteiger partial charge in [-0.2, -0.15) is 0 Å². The van der Waals surface area contributed by atoms with E-state index in [4.69, 9.17) is 4.74 Å². The highest BCUT2D eigenvalue weighted by Gasteiger charge is 2.30. The van der Waals surface area contributed by atoms with Gasteiger partial charge in [-0.3, -0.25) is 4.90 Å². The number of hydrogen-bond donors (Lipinski definition) is 2. The average molecular weight is 423 g/mol. The zero-order valence-electron chi connectivity index (χ0n) is 18.5. The molecule has 1 aromatic carbocycles. The van der Waals surface area contributed by atoms with Gasteiger partial charge in [0.05, 0.1) is 24.9 Å². The Bertz CT molecular complexity index is 908. The molecular weight excluding hydrogens is 388 g/mol. The van der Waals surface area contributed by atoms with E-state index < -0.39 is 0 Å². The van der Waals surface area contributed by atoms with Crippen LogP contribution in [0.3, 0.4) is 0 Å². The maximum absolute atomic E-state index is 10.7. The van der Waals surface area contributed by atoms with Crippen molar-refractivity contribution in [3.63, 3.8) is 0 Å². The number of nitrogens with zero attached hydrogens (tertiary/aromatic N) is 3. The minimum atomic E-state index is 0.312. The molecule has 3 aliphatic rings. The molecule has 1 atom stereocenters. The summed E-state index contributed by atoms with van der Waals surface area (Å²) in [5, 5.41) is 23.3. The first-order chi connectivity index (χ1) is 15.2. The molecule has 1 saturated carbocycles. The number of aryl methyl sites for hydroxylation is 1. The van der Waals surface area contributed by atoms with Crippen LogP contribution in [0.15, 0.2) is 24.3 Å². The Labute approximate surface area is 185 Å². The number of rotatable bonds is 5. The Balaban J connectivity index is 1.28. The summed E-state index contributed by atoms with van der Waals surface area (Å²) in [5.74, 6) is 1.71. The fraction of sp³-hybridized carbons (Fsp3) is 0.600. The smallest absolute Gasteiger partial charge is 0.149 e. The van der Waals surface area contributed by atoms with Crippen molar-refractivity contribution in [3.05, 3.63) is 35.4 Å². The van der Waals surface area contributed by atoms with E-state index in [-0.39, 0.29) is 0 Å². The molecule has 2 saturated heterocycles. The van der Waals surface area contributed by atoms with Crippen LogP contribution in [-0.4, -0.2) is 58.6 Å². The van der Waals surface area contributed by atoms with Crippen LogP contribution in [0.25, 0.3) is 11.3 Å². The minimum Gasteiger partial charge on any atom is -0.507 e. The molecule has 31 heavy (non-hydrogen) atoms. The molecule has 1 aliphatic carbocycles. The Morgan fingerprint density at radius 2 is 1.87 bits per heavy atom. The molecule has 3 fully saturated rings. The van der Waals surface area contributed by atoms with Crippen molar-refractivity contribution in [2.75, 3.05) is 31.6 Å². The molecule has 2 N–H and O–H groups in total. The number of benzene rings is 1. The second-order valence-corrected chi connectivity index (χ2v) is 9.54. The summed E-state index contributed by atoms with van der Waals surface area (Å²) in [7, 11) is 0. The van der Waals surface area contributed by atoms with Crippen LogP contribution in [0.2, 0.25) is 0 Å². The zero-order chi connectivity index (χ0) is 21.2. The lowest BCUT2D eigenvalue weighted by Gasteiger charge is -2.42. The highest BCUT2D eigenvalue weighted by Crippen LogP contribution is 2.37. The van der Waals surface area contributed by atoms with Crippen LogP contribution in [0.5, 0.6) is 5.75 Å². The minimum absolute atomic E-state index is 0.312. The van der Waals surface area contributed by atoms with E-state index in [2.05, 4.69) is 32.5 Å². The van der Waals surface area contributed by atoms with Crippen molar-refractivity contribution in [1.29, 1.82) is 0 Å². The number of ether oxygens (including phenoxy) is 1. The SMILES string of the molecule is Cc1cc(N[C@@H]2CCCN(C3COC3)C2)nnc1-c1ccc(C2CCCCC2)cc1O. The summed E-state index contributed by atoms with van der Waals surface area (Å²) in [6.07, 6.45) is 8.72. The number of anilines is 1. The number of piperidine rings is 1. The second kappa shape index (κ2) is 9.13. The van der Waals surface area contributed by atoms with Gasteiger partial charge in [0.2, 0.25) is 0 Å². The summed E-state index contributed by atoms with van der Waals surface area (Å²) < 4.78 is 5.36. The molecule has 2 aromatic rings. The van der Waals surface area contributed by atoms with Crippen molar-refractivity contribution in [3.8, 4) is 17.0 Å². The summed E-state index contributed by atoms with van der Waals surface area (Å²) in [6, 6.07) is 9.15. The van der Waals surface area contributed by atoms with Gasteiger partial charge in [0.1, 0.15) is 11.6 Å². The van der Waals surface area contributed by atoms with Crippen molar-refractivity contribution in [2.45, 2.75) is 69.9 Å². The van der Waals surface area contributed by atoms with E-state index in [9.17, 15) is 5.11 Å². The molecule has 2 aliphatic heterocycles. The maximum atomic E-state index is 10.7. The first-order valence-corrected chi connectivity index (χ1v) is 11.9. The lowest BCUT2D eigenvalue weighted by Crippen LogP contribution is -2.54. The fourth-order valence-electron chi connectivity index (χ4n) is 5.36. The van der Waals surface area contributed by atoms with Crippen molar-refractivity contribution >= 4 is 5.82 Å². The number of phenols is 1.